The van der Waals surface area contributed by atoms with E-state index in [1.807, 2.05) is 27.7 Å². The van der Waals surface area contributed by atoms with Crippen molar-refractivity contribution in [1.29, 1.82) is 0 Å². The lowest BCUT2D eigenvalue weighted by atomic mass is 9.89. The molecule has 0 saturated heterocycles. The molecule has 0 saturated carbocycles. The minimum absolute atomic E-state index is 0.134. The molecule has 0 aliphatic heterocycles. The summed E-state index contributed by atoms with van der Waals surface area (Å²) in [6.07, 6.45) is 2.54. The van der Waals surface area contributed by atoms with Crippen molar-refractivity contribution >= 4 is 5.91 Å². The van der Waals surface area contributed by atoms with E-state index < -0.39 is 5.82 Å². The Labute approximate surface area is 109 Å². The Morgan fingerprint density at radius 2 is 1.78 bits per heavy atom. The van der Waals surface area contributed by atoms with Crippen molar-refractivity contribution in [3.8, 4) is 0 Å². The summed E-state index contributed by atoms with van der Waals surface area (Å²) in [6.45, 7) is 7.97. The first-order chi connectivity index (χ1) is 8.48. The number of nitrogens with one attached hydrogen (secondary N) is 1. The first-order valence-electron chi connectivity index (χ1n) is 6.56. The van der Waals surface area contributed by atoms with Crippen LogP contribution in [0.3, 0.4) is 0 Å². The van der Waals surface area contributed by atoms with Crippen LogP contribution in [-0.4, -0.2) is 11.4 Å². The number of hydrogen-bond donors (Lipinski definition) is 1. The Bertz CT molecular complexity index is 416. The summed E-state index contributed by atoms with van der Waals surface area (Å²) in [5.74, 6) is -0.781. The monoisotopic (exact) mass is 251 g/mol. The molecule has 1 rings (SSSR count). The predicted octanol–water partition coefficient (Wildman–Crippen LogP) is 3.83. The second-order valence-electron chi connectivity index (χ2n) is 4.78. The molecule has 0 aliphatic rings. The molecule has 0 bridgehead atoms. The molecule has 0 radical (unpaired) electrons. The fourth-order valence-electron chi connectivity index (χ4n) is 2.14. The summed E-state index contributed by atoms with van der Waals surface area (Å²) in [4.78, 5) is 12.2. The molecule has 1 N–H and O–H groups in total. The normalized spacial score (nSPS) is 11.4. The average Bonchev–Trinajstić information content (AvgIpc) is 2.38. The Hall–Kier alpha value is -1.38. The van der Waals surface area contributed by atoms with Gasteiger partial charge in [-0.2, -0.15) is 0 Å². The van der Waals surface area contributed by atoms with Gasteiger partial charge in [0.15, 0.2) is 0 Å². The molecular weight excluding hydrogens is 229 g/mol. The Morgan fingerprint density at radius 1 is 1.22 bits per heavy atom. The van der Waals surface area contributed by atoms with Crippen molar-refractivity contribution in [2.45, 2.75) is 52.5 Å². The van der Waals surface area contributed by atoms with Crippen LogP contribution in [0.1, 0.15) is 56.0 Å². The van der Waals surface area contributed by atoms with E-state index in [9.17, 15) is 9.18 Å². The number of rotatable bonds is 5. The van der Waals surface area contributed by atoms with Crippen LogP contribution < -0.4 is 5.32 Å². The predicted molar refractivity (Wildman–Crippen MR) is 72.2 cm³/mol. The number of halogens is 1. The molecule has 3 heteroatoms. The van der Waals surface area contributed by atoms with E-state index in [2.05, 4.69) is 5.32 Å². The molecule has 1 aromatic carbocycles. The Kier molecular flexibility index (Phi) is 4.88. The van der Waals surface area contributed by atoms with E-state index in [-0.39, 0.29) is 17.0 Å². The van der Waals surface area contributed by atoms with Gasteiger partial charge in [0, 0.05) is 5.54 Å². The number of carbonyl (C=O) groups is 1. The van der Waals surface area contributed by atoms with Gasteiger partial charge in [-0.05, 0) is 38.3 Å². The quantitative estimate of drug-likeness (QED) is 0.846. The Morgan fingerprint density at radius 3 is 2.28 bits per heavy atom. The topological polar surface area (TPSA) is 29.1 Å². The van der Waals surface area contributed by atoms with Gasteiger partial charge in [0.25, 0.3) is 5.91 Å². The Balaban J connectivity index is 2.97. The van der Waals surface area contributed by atoms with Gasteiger partial charge in [-0.3, -0.25) is 4.79 Å². The van der Waals surface area contributed by atoms with Crippen molar-refractivity contribution in [1.82, 2.24) is 5.32 Å². The number of benzene rings is 1. The van der Waals surface area contributed by atoms with Gasteiger partial charge in [-0.25, -0.2) is 4.39 Å². The smallest absolute Gasteiger partial charge is 0.254 e. The third-order valence-corrected chi connectivity index (χ3v) is 3.78. The highest BCUT2D eigenvalue weighted by Crippen LogP contribution is 2.20. The van der Waals surface area contributed by atoms with Gasteiger partial charge in [-0.15, -0.1) is 0 Å². The molecule has 0 heterocycles. The van der Waals surface area contributed by atoms with Gasteiger partial charge in [-0.1, -0.05) is 32.4 Å². The first-order valence-corrected chi connectivity index (χ1v) is 6.56. The van der Waals surface area contributed by atoms with Crippen LogP contribution in [0.4, 0.5) is 4.39 Å². The fourth-order valence-corrected chi connectivity index (χ4v) is 2.14. The summed E-state index contributed by atoms with van der Waals surface area (Å²) in [5, 5.41) is 2.98. The van der Waals surface area contributed by atoms with E-state index in [0.717, 1.165) is 24.8 Å². The summed E-state index contributed by atoms with van der Waals surface area (Å²) in [7, 11) is 0. The molecule has 0 aliphatic carbocycles. The minimum Gasteiger partial charge on any atom is -0.347 e. The highest BCUT2D eigenvalue weighted by Gasteiger charge is 2.27. The van der Waals surface area contributed by atoms with Crippen LogP contribution in [0.15, 0.2) is 18.2 Å². The van der Waals surface area contributed by atoms with Crippen LogP contribution in [-0.2, 0) is 0 Å². The largest absolute Gasteiger partial charge is 0.347 e. The van der Waals surface area contributed by atoms with Gasteiger partial charge < -0.3 is 5.32 Å². The minimum atomic E-state index is -0.463. The number of aryl methyl sites for hydroxylation is 1. The molecule has 0 atom stereocenters. The second-order valence-corrected chi connectivity index (χ2v) is 4.78. The van der Waals surface area contributed by atoms with Gasteiger partial charge in [0.05, 0.1) is 5.56 Å². The van der Waals surface area contributed by atoms with E-state index in [1.165, 1.54) is 6.07 Å². The zero-order chi connectivity index (χ0) is 13.8. The lowest BCUT2D eigenvalue weighted by molar-refractivity contribution is 0.0884. The maximum Gasteiger partial charge on any atom is 0.254 e. The van der Waals surface area contributed by atoms with E-state index in [1.54, 1.807) is 12.1 Å². The molecule has 0 unspecified atom stereocenters. The maximum absolute atomic E-state index is 13.6. The van der Waals surface area contributed by atoms with Crippen molar-refractivity contribution in [2.24, 2.45) is 0 Å². The lowest BCUT2D eigenvalue weighted by Gasteiger charge is -2.31. The fraction of sp³-hybridized carbons (Fsp3) is 0.533. The van der Waals surface area contributed by atoms with Crippen LogP contribution >= 0.6 is 0 Å². The zero-order valence-electron chi connectivity index (χ0n) is 11.6. The molecule has 0 fully saturated rings. The van der Waals surface area contributed by atoms with Crippen molar-refractivity contribution in [2.75, 3.05) is 0 Å². The van der Waals surface area contributed by atoms with Crippen molar-refractivity contribution in [3.63, 3.8) is 0 Å². The lowest BCUT2D eigenvalue weighted by Crippen LogP contribution is -2.47. The number of hydrogen-bond acceptors (Lipinski definition) is 1. The first kappa shape index (κ1) is 14.7. The van der Waals surface area contributed by atoms with Crippen molar-refractivity contribution < 1.29 is 9.18 Å². The van der Waals surface area contributed by atoms with Crippen molar-refractivity contribution in [3.05, 3.63) is 35.1 Å². The average molecular weight is 251 g/mol. The summed E-state index contributed by atoms with van der Waals surface area (Å²) in [5.41, 5.74) is 0.791. The summed E-state index contributed by atoms with van der Waals surface area (Å²) >= 11 is 0. The van der Waals surface area contributed by atoms with Gasteiger partial charge >= 0.3 is 0 Å². The summed E-state index contributed by atoms with van der Waals surface area (Å²) < 4.78 is 13.6. The van der Waals surface area contributed by atoms with Crippen LogP contribution in [0.5, 0.6) is 0 Å². The molecule has 1 amide bonds. The second kappa shape index (κ2) is 5.98. The van der Waals surface area contributed by atoms with Crippen LogP contribution in [0.2, 0.25) is 0 Å². The van der Waals surface area contributed by atoms with Gasteiger partial charge in [0.2, 0.25) is 0 Å². The molecule has 0 aromatic heterocycles. The third kappa shape index (κ3) is 3.09. The standard InChI is InChI=1S/C15H22FNO/c1-5-15(6-2,7-3)17-14(18)12-10-11(4)8-9-13(12)16/h8-10H,5-7H2,1-4H3,(H,17,18). The molecule has 100 valence electrons. The maximum atomic E-state index is 13.6. The highest BCUT2D eigenvalue weighted by atomic mass is 19.1. The zero-order valence-corrected chi connectivity index (χ0v) is 11.6. The van der Waals surface area contributed by atoms with E-state index >= 15 is 0 Å². The van der Waals surface area contributed by atoms with E-state index in [0.29, 0.717) is 0 Å². The molecular formula is C15H22FNO. The molecule has 2 nitrogen and oxygen atoms in total. The van der Waals surface area contributed by atoms with Crippen LogP contribution in [0.25, 0.3) is 0 Å². The highest BCUT2D eigenvalue weighted by molar-refractivity contribution is 5.95. The van der Waals surface area contributed by atoms with Gasteiger partial charge in [0.1, 0.15) is 5.82 Å². The third-order valence-electron chi connectivity index (χ3n) is 3.78. The molecule has 18 heavy (non-hydrogen) atoms. The number of carbonyl (C=O) groups excluding carboxylic acids is 1. The van der Waals surface area contributed by atoms with E-state index in [4.69, 9.17) is 0 Å². The molecule has 0 spiro atoms. The summed E-state index contributed by atoms with van der Waals surface area (Å²) in [6, 6.07) is 4.60. The van der Waals surface area contributed by atoms with Crippen LogP contribution in [0, 0.1) is 12.7 Å². The number of amides is 1. The molecule has 1 aromatic rings. The SMILES string of the molecule is CCC(CC)(CC)NC(=O)c1cc(C)ccc1F.